The molecule has 0 aromatic carbocycles. The van der Waals surface area contributed by atoms with Gasteiger partial charge in [0.1, 0.15) is 0 Å². The normalized spacial score (nSPS) is 12.9. The van der Waals surface area contributed by atoms with E-state index < -0.39 is 29.7 Å². The topological polar surface area (TPSA) is 74.6 Å². The molecule has 0 amide bonds. The predicted molar refractivity (Wildman–Crippen MR) is 30.1 cm³/mol. The van der Waals surface area contributed by atoms with Gasteiger partial charge in [-0.25, -0.2) is 9.59 Å². The Hall–Kier alpha value is -0.792. The van der Waals surface area contributed by atoms with Crippen molar-refractivity contribution >= 4 is 11.9 Å². The molecule has 0 spiro atoms. The fourth-order valence-corrected chi connectivity index (χ4v) is 0.466. The molecule has 0 fully saturated rings. The minimum absolute atomic E-state index is 0. The summed E-state index contributed by atoms with van der Waals surface area (Å²) in [6.45, 7) is 0. The fourth-order valence-electron chi connectivity index (χ4n) is 0.466. The predicted octanol–water partition coefficient (Wildman–Crippen LogP) is 1.06. The molecular weight excluding hydrogens is 433 g/mol. The molecule has 0 aromatic rings. The molecule has 16 heavy (non-hydrogen) atoms. The Morgan fingerprint density at radius 3 is 1.06 bits per heavy atom. The molecule has 0 unspecified atom stereocenters. The van der Waals surface area contributed by atoms with Crippen molar-refractivity contribution in [2.45, 2.75) is 17.8 Å². The Bertz CT molecular complexity index is 275. The van der Waals surface area contributed by atoms with Gasteiger partial charge in [-0.05, 0) is 0 Å². The summed E-state index contributed by atoms with van der Waals surface area (Å²) >= 11 is 0. The van der Waals surface area contributed by atoms with Gasteiger partial charge >= 0.3 is 29.7 Å². The zero-order chi connectivity index (χ0) is 12.7. The number of hydrogen-bond acceptors (Lipinski definition) is 2. The van der Waals surface area contributed by atoms with Gasteiger partial charge in [0.25, 0.3) is 0 Å². The van der Waals surface area contributed by atoms with E-state index in [9.17, 15) is 35.9 Å². The van der Waals surface area contributed by atoms with Crippen molar-refractivity contribution in [2.24, 2.45) is 0 Å². The van der Waals surface area contributed by atoms with Gasteiger partial charge in [0, 0.05) is 21.1 Å². The number of rotatable bonds is 4. The summed E-state index contributed by atoms with van der Waals surface area (Å²) in [6.07, 6.45) is 0. The van der Waals surface area contributed by atoms with Gasteiger partial charge in [0.2, 0.25) is 0 Å². The first kappa shape index (κ1) is 17.6. The maximum Gasteiger partial charge on any atom is 0.411 e. The van der Waals surface area contributed by atoms with Gasteiger partial charge in [-0.1, -0.05) is 0 Å². The third-order valence-electron chi connectivity index (χ3n) is 1.33. The van der Waals surface area contributed by atoms with Crippen molar-refractivity contribution in [1.29, 1.82) is 0 Å². The van der Waals surface area contributed by atoms with Crippen LogP contribution in [-0.4, -0.2) is 39.9 Å². The molecule has 0 rings (SSSR count). The van der Waals surface area contributed by atoms with Gasteiger partial charge in [0.15, 0.2) is 0 Å². The molecule has 4 nitrogen and oxygen atoms in total. The first-order valence-electron chi connectivity index (χ1n) is 2.99. The van der Waals surface area contributed by atoms with E-state index in [-0.39, 0.29) is 21.1 Å². The van der Waals surface area contributed by atoms with Crippen molar-refractivity contribution in [2.75, 3.05) is 0 Å². The summed E-state index contributed by atoms with van der Waals surface area (Å²) < 4.78 is 72.8. The SMILES string of the molecule is O=C(O)C(F)(F)C(F)(F)C(F)(F)C(=O)O.[Pt]. The summed E-state index contributed by atoms with van der Waals surface area (Å²) in [4.78, 5) is 19.2. The van der Waals surface area contributed by atoms with E-state index in [4.69, 9.17) is 10.2 Å². The molecule has 11 heteroatoms. The van der Waals surface area contributed by atoms with Crippen LogP contribution in [0.3, 0.4) is 0 Å². The standard InChI is InChI=1S/C5H2F6O4.Pt/c6-3(7,1(12)13)5(10,11)4(8,9)2(14)15;/h(H,12,13)(H,14,15);. The first-order chi connectivity index (χ1) is 6.39. The van der Waals surface area contributed by atoms with Crippen LogP contribution in [0, 0.1) is 0 Å². The van der Waals surface area contributed by atoms with Crippen LogP contribution in [0.25, 0.3) is 0 Å². The largest absolute Gasteiger partial charge is 0.477 e. The van der Waals surface area contributed by atoms with Gasteiger partial charge < -0.3 is 10.2 Å². The van der Waals surface area contributed by atoms with E-state index in [1.807, 2.05) is 0 Å². The van der Waals surface area contributed by atoms with Crippen LogP contribution in [0.5, 0.6) is 0 Å². The van der Waals surface area contributed by atoms with E-state index in [0.29, 0.717) is 0 Å². The van der Waals surface area contributed by atoms with Crippen molar-refractivity contribution in [3.8, 4) is 0 Å². The second-order valence-corrected chi connectivity index (χ2v) is 2.33. The molecule has 0 aliphatic heterocycles. The molecule has 0 heterocycles. The molecule has 0 aliphatic rings. The van der Waals surface area contributed by atoms with Crippen LogP contribution in [-0.2, 0) is 30.7 Å². The molecule has 0 saturated carbocycles. The number of carboxylic acids is 2. The van der Waals surface area contributed by atoms with Gasteiger partial charge in [-0.2, -0.15) is 26.3 Å². The van der Waals surface area contributed by atoms with Gasteiger partial charge in [-0.3, -0.25) is 0 Å². The number of alkyl halides is 6. The van der Waals surface area contributed by atoms with Crippen LogP contribution in [0.4, 0.5) is 26.3 Å². The zero-order valence-electron chi connectivity index (χ0n) is 6.79. The summed E-state index contributed by atoms with van der Waals surface area (Å²) in [7, 11) is 0. The third kappa shape index (κ3) is 2.31. The van der Waals surface area contributed by atoms with Crippen LogP contribution < -0.4 is 0 Å². The summed E-state index contributed by atoms with van der Waals surface area (Å²) in [6, 6.07) is 0. The number of carbonyl (C=O) groups is 2. The number of aliphatic carboxylic acids is 2. The monoisotopic (exact) mass is 435 g/mol. The van der Waals surface area contributed by atoms with Gasteiger partial charge in [0.05, 0.1) is 0 Å². The van der Waals surface area contributed by atoms with E-state index in [1.54, 1.807) is 0 Å². The minimum Gasteiger partial charge on any atom is -0.477 e. The summed E-state index contributed by atoms with van der Waals surface area (Å²) in [5, 5.41) is 15.1. The van der Waals surface area contributed by atoms with Gasteiger partial charge in [-0.15, -0.1) is 0 Å². The Balaban J connectivity index is 0. The van der Waals surface area contributed by atoms with E-state index in [0.717, 1.165) is 0 Å². The molecule has 2 N–H and O–H groups in total. The number of hydrogen-bond donors (Lipinski definition) is 2. The maximum atomic E-state index is 12.2. The number of carboxylic acid groups (broad SMARTS) is 2. The van der Waals surface area contributed by atoms with Crippen LogP contribution in [0.15, 0.2) is 0 Å². The second kappa shape index (κ2) is 4.60. The van der Waals surface area contributed by atoms with Crippen molar-refractivity contribution < 1.29 is 67.2 Å². The Labute approximate surface area is 97.5 Å². The van der Waals surface area contributed by atoms with Crippen molar-refractivity contribution in [3.63, 3.8) is 0 Å². The zero-order valence-corrected chi connectivity index (χ0v) is 9.07. The Morgan fingerprint density at radius 2 is 0.938 bits per heavy atom. The third-order valence-corrected chi connectivity index (χ3v) is 1.33. The average Bonchev–Trinajstić information content (AvgIpc) is 2.02. The molecular formula is C5H2F6O4Pt. The molecule has 0 bridgehead atoms. The Morgan fingerprint density at radius 1 is 0.750 bits per heavy atom. The summed E-state index contributed by atoms with van der Waals surface area (Å²) in [5.41, 5.74) is 0. The molecule has 0 aromatic heterocycles. The van der Waals surface area contributed by atoms with E-state index in [2.05, 4.69) is 0 Å². The van der Waals surface area contributed by atoms with E-state index >= 15 is 0 Å². The molecule has 0 atom stereocenters. The molecule has 98 valence electrons. The smallest absolute Gasteiger partial charge is 0.411 e. The van der Waals surface area contributed by atoms with E-state index in [1.165, 1.54) is 0 Å². The van der Waals surface area contributed by atoms with Crippen LogP contribution in [0.2, 0.25) is 0 Å². The van der Waals surface area contributed by atoms with Crippen LogP contribution >= 0.6 is 0 Å². The van der Waals surface area contributed by atoms with Crippen molar-refractivity contribution in [1.82, 2.24) is 0 Å². The first-order valence-corrected chi connectivity index (χ1v) is 2.99. The second-order valence-electron chi connectivity index (χ2n) is 2.33. The van der Waals surface area contributed by atoms with Crippen LogP contribution in [0.1, 0.15) is 0 Å². The molecule has 0 radical (unpaired) electrons. The Kier molecular flexibility index (Phi) is 5.06. The maximum absolute atomic E-state index is 12.2. The summed E-state index contributed by atoms with van der Waals surface area (Å²) in [5.74, 6) is -26.0. The average molecular weight is 435 g/mol. The molecule has 0 aliphatic carbocycles. The fraction of sp³-hybridized carbons (Fsp3) is 0.600. The minimum atomic E-state index is -6.53. The van der Waals surface area contributed by atoms with Crippen molar-refractivity contribution in [3.05, 3.63) is 0 Å². The number of halogens is 6. The molecule has 0 saturated heterocycles. The quantitative estimate of drug-likeness (QED) is 0.648.